The second-order valence-corrected chi connectivity index (χ2v) is 9.11. The Morgan fingerprint density at radius 2 is 1.97 bits per heavy atom. The third-order valence-corrected chi connectivity index (χ3v) is 6.37. The molecule has 0 radical (unpaired) electrons. The number of hydrogen-bond acceptors (Lipinski definition) is 7. The molecule has 0 spiro atoms. The SMILES string of the molecule is C=CCCc1ncc(-c2ccnc(Nc3ccc(S(=O)(=O)NCCOC)cc3)n2)n1CCC. The van der Waals surface area contributed by atoms with E-state index >= 15 is 0 Å². The summed E-state index contributed by atoms with van der Waals surface area (Å²) >= 11 is 0. The molecule has 9 nitrogen and oxygen atoms in total. The van der Waals surface area contributed by atoms with Crippen LogP contribution in [-0.4, -0.2) is 48.2 Å². The van der Waals surface area contributed by atoms with Crippen LogP contribution in [0.4, 0.5) is 11.6 Å². The van der Waals surface area contributed by atoms with Gasteiger partial charge in [0.15, 0.2) is 0 Å². The van der Waals surface area contributed by atoms with Crippen LogP contribution in [0.25, 0.3) is 11.4 Å². The molecule has 176 valence electrons. The number of aromatic nitrogens is 4. The van der Waals surface area contributed by atoms with Crippen molar-refractivity contribution in [3.05, 3.63) is 61.2 Å². The first-order chi connectivity index (χ1) is 16.0. The van der Waals surface area contributed by atoms with Crippen LogP contribution in [0.1, 0.15) is 25.6 Å². The molecule has 0 amide bonds. The summed E-state index contributed by atoms with van der Waals surface area (Å²) < 4.78 is 34.2. The third-order valence-electron chi connectivity index (χ3n) is 4.89. The number of hydrogen-bond donors (Lipinski definition) is 2. The van der Waals surface area contributed by atoms with E-state index in [0.717, 1.165) is 43.0 Å². The predicted molar refractivity (Wildman–Crippen MR) is 129 cm³/mol. The number of rotatable bonds is 13. The van der Waals surface area contributed by atoms with Gasteiger partial charge < -0.3 is 14.6 Å². The number of aryl methyl sites for hydroxylation is 1. The van der Waals surface area contributed by atoms with Gasteiger partial charge in [0.25, 0.3) is 0 Å². The van der Waals surface area contributed by atoms with E-state index in [1.807, 2.05) is 18.3 Å². The lowest BCUT2D eigenvalue weighted by atomic mass is 10.2. The van der Waals surface area contributed by atoms with Crippen molar-refractivity contribution >= 4 is 21.7 Å². The van der Waals surface area contributed by atoms with E-state index in [2.05, 4.69) is 43.1 Å². The fraction of sp³-hybridized carbons (Fsp3) is 0.348. The number of benzene rings is 1. The molecule has 2 N–H and O–H groups in total. The molecule has 0 unspecified atom stereocenters. The number of ether oxygens (including phenoxy) is 1. The number of methoxy groups -OCH3 is 1. The molecule has 1 aromatic carbocycles. The lowest BCUT2D eigenvalue weighted by Crippen LogP contribution is -2.27. The van der Waals surface area contributed by atoms with E-state index < -0.39 is 10.0 Å². The van der Waals surface area contributed by atoms with Gasteiger partial charge in [-0.25, -0.2) is 28.1 Å². The highest BCUT2D eigenvalue weighted by atomic mass is 32.2. The van der Waals surface area contributed by atoms with Gasteiger partial charge in [0.2, 0.25) is 16.0 Å². The largest absolute Gasteiger partial charge is 0.383 e. The number of nitrogens with one attached hydrogen (secondary N) is 2. The van der Waals surface area contributed by atoms with E-state index in [-0.39, 0.29) is 11.4 Å². The summed E-state index contributed by atoms with van der Waals surface area (Å²) in [5, 5.41) is 3.14. The Balaban J connectivity index is 1.77. The number of sulfonamides is 1. The summed E-state index contributed by atoms with van der Waals surface area (Å²) in [6.07, 6.45) is 8.10. The van der Waals surface area contributed by atoms with Crippen molar-refractivity contribution in [2.75, 3.05) is 25.6 Å². The minimum absolute atomic E-state index is 0.175. The van der Waals surface area contributed by atoms with Crippen molar-refractivity contribution in [3.8, 4) is 11.4 Å². The molecule has 3 rings (SSSR count). The van der Waals surface area contributed by atoms with Crippen LogP contribution in [0.15, 0.2) is 60.3 Å². The molecule has 0 fully saturated rings. The number of nitrogens with zero attached hydrogens (tertiary/aromatic N) is 4. The first-order valence-electron chi connectivity index (χ1n) is 10.8. The van der Waals surface area contributed by atoms with Gasteiger partial charge in [-0.15, -0.1) is 6.58 Å². The van der Waals surface area contributed by atoms with Gasteiger partial charge in [-0.1, -0.05) is 13.0 Å². The minimum Gasteiger partial charge on any atom is -0.383 e. The molecular formula is C23H30N6O3S. The first-order valence-corrected chi connectivity index (χ1v) is 12.3. The zero-order valence-electron chi connectivity index (χ0n) is 19.0. The second kappa shape index (κ2) is 11.7. The Kier molecular flexibility index (Phi) is 8.70. The molecule has 0 atom stereocenters. The van der Waals surface area contributed by atoms with Crippen molar-refractivity contribution in [3.63, 3.8) is 0 Å². The summed E-state index contributed by atoms with van der Waals surface area (Å²) in [7, 11) is -2.07. The summed E-state index contributed by atoms with van der Waals surface area (Å²) in [6.45, 7) is 7.29. The molecule has 2 heterocycles. The van der Waals surface area contributed by atoms with Crippen LogP contribution in [-0.2, 0) is 27.7 Å². The lowest BCUT2D eigenvalue weighted by molar-refractivity contribution is 0.204. The van der Waals surface area contributed by atoms with E-state index in [9.17, 15) is 8.42 Å². The standard InChI is InChI=1S/C23H30N6O3S/c1-4-6-7-22-25-17-21(29(22)15-5-2)20-12-13-24-23(28-20)27-18-8-10-19(11-9-18)33(30,31)26-14-16-32-3/h4,8-13,17,26H,1,5-7,14-16H2,2-3H3,(H,24,27,28). The van der Waals surface area contributed by atoms with Crippen molar-refractivity contribution in [1.82, 2.24) is 24.2 Å². The summed E-state index contributed by atoms with van der Waals surface area (Å²) in [5.74, 6) is 1.42. The van der Waals surface area contributed by atoms with Gasteiger partial charge in [0.05, 0.1) is 29.1 Å². The molecule has 10 heteroatoms. The lowest BCUT2D eigenvalue weighted by Gasteiger charge is -2.11. The highest BCUT2D eigenvalue weighted by molar-refractivity contribution is 7.89. The highest BCUT2D eigenvalue weighted by Gasteiger charge is 2.14. The summed E-state index contributed by atoms with van der Waals surface area (Å²) in [5.41, 5.74) is 2.38. The zero-order valence-corrected chi connectivity index (χ0v) is 19.8. The Morgan fingerprint density at radius 1 is 1.18 bits per heavy atom. The topological polar surface area (TPSA) is 111 Å². The van der Waals surface area contributed by atoms with E-state index in [1.54, 1.807) is 18.3 Å². The van der Waals surface area contributed by atoms with Crippen LogP contribution >= 0.6 is 0 Å². The summed E-state index contributed by atoms with van der Waals surface area (Å²) in [4.78, 5) is 13.7. The van der Waals surface area contributed by atoms with Gasteiger partial charge in [-0.05, 0) is 43.2 Å². The van der Waals surface area contributed by atoms with Gasteiger partial charge >= 0.3 is 0 Å². The maximum absolute atomic E-state index is 12.3. The molecule has 0 aliphatic carbocycles. The van der Waals surface area contributed by atoms with Crippen molar-refractivity contribution < 1.29 is 13.2 Å². The van der Waals surface area contributed by atoms with E-state index in [4.69, 9.17) is 4.74 Å². The highest BCUT2D eigenvalue weighted by Crippen LogP contribution is 2.23. The fourth-order valence-corrected chi connectivity index (χ4v) is 4.30. The smallest absolute Gasteiger partial charge is 0.240 e. The molecule has 0 aliphatic rings. The summed E-state index contributed by atoms with van der Waals surface area (Å²) in [6, 6.07) is 8.27. The van der Waals surface area contributed by atoms with Crippen LogP contribution in [0.2, 0.25) is 0 Å². The maximum atomic E-state index is 12.3. The van der Waals surface area contributed by atoms with Crippen LogP contribution in [0.5, 0.6) is 0 Å². The Morgan fingerprint density at radius 3 is 2.67 bits per heavy atom. The second-order valence-electron chi connectivity index (χ2n) is 7.34. The van der Waals surface area contributed by atoms with Crippen molar-refractivity contribution in [2.45, 2.75) is 37.6 Å². The predicted octanol–water partition coefficient (Wildman–Crippen LogP) is 3.54. The number of allylic oxidation sites excluding steroid dienone is 1. The maximum Gasteiger partial charge on any atom is 0.240 e. The van der Waals surface area contributed by atoms with Crippen molar-refractivity contribution in [2.24, 2.45) is 0 Å². The van der Waals surface area contributed by atoms with Gasteiger partial charge in [0, 0.05) is 38.5 Å². The minimum atomic E-state index is -3.58. The normalized spacial score (nSPS) is 11.5. The van der Waals surface area contributed by atoms with Gasteiger partial charge in [0.1, 0.15) is 5.82 Å². The quantitative estimate of drug-likeness (QED) is 0.290. The first kappa shape index (κ1) is 24.6. The Labute approximate surface area is 195 Å². The molecule has 3 aromatic rings. The molecule has 0 bridgehead atoms. The van der Waals surface area contributed by atoms with Crippen molar-refractivity contribution in [1.29, 1.82) is 0 Å². The molecular weight excluding hydrogens is 440 g/mol. The number of anilines is 2. The number of imidazole rings is 1. The zero-order chi connectivity index (χ0) is 23.7. The average molecular weight is 471 g/mol. The van der Waals surface area contributed by atoms with Gasteiger partial charge in [-0.3, -0.25) is 0 Å². The Bertz CT molecular complexity index is 1160. The fourth-order valence-electron chi connectivity index (χ4n) is 3.29. The molecule has 33 heavy (non-hydrogen) atoms. The third kappa shape index (κ3) is 6.47. The Hall–Kier alpha value is -3.08. The molecule has 0 saturated heterocycles. The van der Waals surface area contributed by atoms with Crippen LogP contribution in [0.3, 0.4) is 0 Å². The van der Waals surface area contributed by atoms with Crippen LogP contribution in [0, 0.1) is 0 Å². The average Bonchev–Trinajstić information content (AvgIpc) is 3.21. The molecule has 2 aromatic heterocycles. The molecule has 0 aliphatic heterocycles. The monoisotopic (exact) mass is 470 g/mol. The van der Waals surface area contributed by atoms with E-state index in [0.29, 0.717) is 18.2 Å². The van der Waals surface area contributed by atoms with E-state index in [1.165, 1.54) is 19.2 Å². The molecule has 0 saturated carbocycles. The van der Waals surface area contributed by atoms with Crippen LogP contribution < -0.4 is 10.0 Å². The van der Waals surface area contributed by atoms with Gasteiger partial charge in [-0.2, -0.15) is 0 Å².